The molecule has 1 N–H and O–H groups in total. The number of alkyl halides is 3. The van der Waals surface area contributed by atoms with Gasteiger partial charge >= 0.3 is 17.5 Å². The number of rotatable bonds is 7. The Morgan fingerprint density at radius 2 is 2.12 bits per heavy atom. The molecule has 2 atom stereocenters. The van der Waals surface area contributed by atoms with E-state index in [4.69, 9.17) is 22.9 Å². The minimum Gasteiger partial charge on any atom is -0.472 e. The molecule has 1 fully saturated rings. The summed E-state index contributed by atoms with van der Waals surface area (Å²) in [4.78, 5) is 21.4. The molecule has 0 unspecified atom stereocenters. The molecule has 0 radical (unpaired) electrons. The van der Waals surface area contributed by atoms with Crippen LogP contribution in [-0.2, 0) is 11.8 Å². The van der Waals surface area contributed by atoms with Crippen molar-refractivity contribution in [3.63, 3.8) is 0 Å². The van der Waals surface area contributed by atoms with Crippen LogP contribution in [0.2, 0.25) is 5.28 Å². The number of aromatic nitrogens is 4. The normalized spacial score (nSPS) is 18.6. The maximum absolute atomic E-state index is 13.2. The van der Waals surface area contributed by atoms with Gasteiger partial charge in [0.1, 0.15) is 17.1 Å². The molecule has 0 bridgehead atoms. The molecule has 1 aliphatic carbocycles. The highest BCUT2D eigenvalue weighted by Gasteiger charge is 2.41. The maximum atomic E-state index is 13.2. The Bertz CT molecular complexity index is 1080. The zero-order valence-electron chi connectivity index (χ0n) is 17.3. The molecule has 14 heteroatoms. The standard InChI is InChI=1S/C18H19ClF3N7O3/c1-9-13(29(30)31)15(28(27-9)17(2,3)23-4)32-8-10-5-6-12(10)25-14-11(18(20,21)22)7-24-16(19)26-14/h7,10,12H,5-6,8H2,1-3H3,(H,24,25,26)/t10-,12+/m0/s1. The number of ether oxygens (including phenoxy) is 1. The van der Waals surface area contributed by atoms with E-state index in [2.05, 4.69) is 25.2 Å². The number of nitro groups is 1. The van der Waals surface area contributed by atoms with Gasteiger partial charge in [0.25, 0.3) is 5.88 Å². The van der Waals surface area contributed by atoms with Crippen molar-refractivity contribution in [1.82, 2.24) is 19.7 Å². The summed E-state index contributed by atoms with van der Waals surface area (Å²) in [6.45, 7) is 11.8. The van der Waals surface area contributed by atoms with E-state index in [1.165, 1.54) is 20.8 Å². The number of nitrogens with zero attached hydrogens (tertiary/aromatic N) is 6. The molecule has 10 nitrogen and oxygen atoms in total. The summed E-state index contributed by atoms with van der Waals surface area (Å²) in [6.07, 6.45) is -2.90. The van der Waals surface area contributed by atoms with Crippen molar-refractivity contribution in [2.24, 2.45) is 5.92 Å². The third kappa shape index (κ3) is 4.55. The first-order valence-electron chi connectivity index (χ1n) is 9.47. The largest absolute Gasteiger partial charge is 0.472 e. The van der Waals surface area contributed by atoms with Gasteiger partial charge in [-0.05, 0) is 31.4 Å². The molecule has 172 valence electrons. The monoisotopic (exact) mass is 473 g/mol. The van der Waals surface area contributed by atoms with Gasteiger partial charge in [-0.2, -0.15) is 18.3 Å². The average molecular weight is 474 g/mol. The van der Waals surface area contributed by atoms with E-state index in [-0.39, 0.29) is 35.1 Å². The number of nitrogens with one attached hydrogen (secondary N) is 1. The van der Waals surface area contributed by atoms with Crippen LogP contribution >= 0.6 is 11.6 Å². The van der Waals surface area contributed by atoms with Crippen molar-refractivity contribution in [2.75, 3.05) is 11.9 Å². The Morgan fingerprint density at radius 3 is 2.66 bits per heavy atom. The van der Waals surface area contributed by atoms with Gasteiger partial charge in [-0.25, -0.2) is 16.5 Å². The lowest BCUT2D eigenvalue weighted by atomic mass is 9.80. The Kier molecular flexibility index (Phi) is 6.19. The zero-order chi connectivity index (χ0) is 23.8. The van der Waals surface area contributed by atoms with Crippen molar-refractivity contribution in [1.29, 1.82) is 0 Å². The van der Waals surface area contributed by atoms with E-state index in [9.17, 15) is 23.3 Å². The highest BCUT2D eigenvalue weighted by Crippen LogP contribution is 2.39. The minimum atomic E-state index is -4.67. The summed E-state index contributed by atoms with van der Waals surface area (Å²) in [5.41, 5.74) is -2.54. The van der Waals surface area contributed by atoms with E-state index in [1.807, 2.05) is 0 Å². The predicted octanol–water partition coefficient (Wildman–Crippen LogP) is 4.44. The van der Waals surface area contributed by atoms with Crippen molar-refractivity contribution in [2.45, 2.75) is 51.5 Å². The van der Waals surface area contributed by atoms with Gasteiger partial charge in [-0.1, -0.05) is 0 Å². The number of hydrogen-bond donors (Lipinski definition) is 1. The van der Waals surface area contributed by atoms with Crippen molar-refractivity contribution >= 4 is 23.1 Å². The Balaban J connectivity index is 1.80. The fourth-order valence-electron chi connectivity index (χ4n) is 3.25. The molecule has 0 saturated heterocycles. The van der Waals surface area contributed by atoms with E-state index in [0.29, 0.717) is 19.0 Å². The SMILES string of the molecule is [C-]#[N+]C(C)(C)n1nc(C)c([N+](=O)[O-])c1OC[C@@H]1CC[C@H]1Nc1nc(Cl)ncc1C(F)(F)F. The molecule has 0 aromatic carbocycles. The minimum absolute atomic E-state index is 0.0299. The van der Waals surface area contributed by atoms with Gasteiger partial charge in [0.2, 0.25) is 5.28 Å². The zero-order valence-corrected chi connectivity index (χ0v) is 18.0. The Hall–Kier alpha value is -3.14. The molecule has 0 aliphatic heterocycles. The first-order valence-corrected chi connectivity index (χ1v) is 9.85. The molecule has 0 amide bonds. The van der Waals surface area contributed by atoms with Crippen LogP contribution in [0.4, 0.5) is 24.7 Å². The summed E-state index contributed by atoms with van der Waals surface area (Å²) < 4.78 is 46.6. The van der Waals surface area contributed by atoms with Gasteiger partial charge in [0.05, 0.1) is 11.5 Å². The van der Waals surface area contributed by atoms with Crippen LogP contribution in [0.5, 0.6) is 5.88 Å². The van der Waals surface area contributed by atoms with Crippen LogP contribution in [0.25, 0.3) is 4.85 Å². The summed E-state index contributed by atoms with van der Waals surface area (Å²) >= 11 is 5.66. The van der Waals surface area contributed by atoms with Crippen LogP contribution in [0.1, 0.15) is 37.9 Å². The Labute approximate surface area is 185 Å². The predicted molar refractivity (Wildman–Crippen MR) is 107 cm³/mol. The second-order valence-corrected chi connectivity index (χ2v) is 8.15. The van der Waals surface area contributed by atoms with Gasteiger partial charge in [0, 0.05) is 32.0 Å². The fourth-order valence-corrected chi connectivity index (χ4v) is 3.39. The molecular formula is C18H19ClF3N7O3. The summed E-state index contributed by atoms with van der Waals surface area (Å²) in [5.74, 6) is -0.863. The topological polar surface area (TPSA) is 112 Å². The number of aryl methyl sites for hydroxylation is 1. The molecule has 3 rings (SSSR count). The van der Waals surface area contributed by atoms with Crippen molar-refractivity contribution < 1.29 is 22.8 Å². The highest BCUT2D eigenvalue weighted by atomic mass is 35.5. The molecule has 2 heterocycles. The van der Waals surface area contributed by atoms with Crippen LogP contribution < -0.4 is 10.1 Å². The van der Waals surface area contributed by atoms with Crippen LogP contribution in [0.3, 0.4) is 0 Å². The first kappa shape index (κ1) is 23.5. The molecule has 32 heavy (non-hydrogen) atoms. The third-order valence-electron chi connectivity index (χ3n) is 5.20. The lowest BCUT2D eigenvalue weighted by molar-refractivity contribution is -0.386. The molecule has 1 aliphatic rings. The second kappa shape index (κ2) is 8.42. The maximum Gasteiger partial charge on any atom is 0.421 e. The highest BCUT2D eigenvalue weighted by molar-refractivity contribution is 6.28. The van der Waals surface area contributed by atoms with Gasteiger partial charge < -0.3 is 10.1 Å². The van der Waals surface area contributed by atoms with E-state index in [0.717, 1.165) is 4.68 Å². The quantitative estimate of drug-likeness (QED) is 0.274. The fraction of sp³-hybridized carbons (Fsp3) is 0.556. The molecule has 0 spiro atoms. The van der Waals surface area contributed by atoms with Crippen LogP contribution in [0.15, 0.2) is 6.20 Å². The van der Waals surface area contributed by atoms with Crippen LogP contribution in [0, 0.1) is 29.5 Å². The number of halogens is 4. The van der Waals surface area contributed by atoms with E-state index < -0.39 is 34.2 Å². The van der Waals surface area contributed by atoms with Gasteiger partial charge in [0.15, 0.2) is 0 Å². The smallest absolute Gasteiger partial charge is 0.421 e. The number of hydrogen-bond acceptors (Lipinski definition) is 7. The van der Waals surface area contributed by atoms with Crippen LogP contribution in [-0.4, -0.2) is 37.3 Å². The van der Waals surface area contributed by atoms with Crippen molar-refractivity contribution in [3.05, 3.63) is 44.3 Å². The Morgan fingerprint density at radius 1 is 1.44 bits per heavy atom. The molecule has 2 aromatic heterocycles. The lowest BCUT2D eigenvalue weighted by Gasteiger charge is -2.37. The van der Waals surface area contributed by atoms with Gasteiger partial charge in [-0.15, -0.1) is 4.68 Å². The first-order chi connectivity index (χ1) is 14.8. The van der Waals surface area contributed by atoms with E-state index >= 15 is 0 Å². The third-order valence-corrected chi connectivity index (χ3v) is 5.38. The average Bonchev–Trinajstić information content (AvgIpc) is 3.01. The molecular weight excluding hydrogens is 455 g/mol. The van der Waals surface area contributed by atoms with E-state index in [1.54, 1.807) is 0 Å². The number of anilines is 1. The lowest BCUT2D eigenvalue weighted by Crippen LogP contribution is -2.42. The van der Waals surface area contributed by atoms with Gasteiger partial charge in [-0.3, -0.25) is 15.0 Å². The molecule has 2 aromatic rings. The molecule has 1 saturated carbocycles. The summed E-state index contributed by atoms with van der Waals surface area (Å²) in [7, 11) is 0. The summed E-state index contributed by atoms with van der Waals surface area (Å²) in [6, 6.07) is -0.424. The van der Waals surface area contributed by atoms with Crippen molar-refractivity contribution in [3.8, 4) is 5.88 Å². The summed E-state index contributed by atoms with van der Waals surface area (Å²) in [5, 5.41) is 18.0. The second-order valence-electron chi connectivity index (χ2n) is 7.81.